The van der Waals surface area contributed by atoms with Crippen molar-refractivity contribution in [2.75, 3.05) is 26.7 Å². The maximum atomic E-state index is 12.4. The highest BCUT2D eigenvalue weighted by molar-refractivity contribution is 7.87. The van der Waals surface area contributed by atoms with E-state index in [1.54, 1.807) is 15.6 Å². The van der Waals surface area contributed by atoms with Crippen LogP contribution in [-0.4, -0.2) is 39.4 Å². The van der Waals surface area contributed by atoms with Gasteiger partial charge in [-0.25, -0.2) is 0 Å². The van der Waals surface area contributed by atoms with Crippen molar-refractivity contribution < 1.29 is 8.42 Å². The minimum Gasteiger partial charge on any atom is -0.319 e. The van der Waals surface area contributed by atoms with Crippen LogP contribution in [0.25, 0.3) is 0 Å². The maximum Gasteiger partial charge on any atom is 0.280 e. The van der Waals surface area contributed by atoms with Crippen molar-refractivity contribution >= 4 is 21.5 Å². The molecule has 114 valence electrons. The average Bonchev–Trinajstić information content (AvgIpc) is 2.93. The molecule has 5 nitrogen and oxygen atoms in total. The maximum absolute atomic E-state index is 12.4. The van der Waals surface area contributed by atoms with Crippen LogP contribution in [0, 0.1) is 5.92 Å². The third-order valence-corrected chi connectivity index (χ3v) is 6.05. The van der Waals surface area contributed by atoms with E-state index in [-0.39, 0.29) is 6.04 Å². The molecule has 20 heavy (non-hydrogen) atoms. The Morgan fingerprint density at radius 3 is 3.00 bits per heavy atom. The monoisotopic (exact) mass is 317 g/mol. The summed E-state index contributed by atoms with van der Waals surface area (Å²) in [6.07, 6.45) is 2.02. The lowest BCUT2D eigenvalue weighted by Gasteiger charge is -2.32. The van der Waals surface area contributed by atoms with Crippen LogP contribution in [0.15, 0.2) is 16.8 Å². The molecular weight excluding hydrogens is 294 g/mol. The first-order valence-corrected chi connectivity index (χ1v) is 9.35. The summed E-state index contributed by atoms with van der Waals surface area (Å²) in [5.74, 6) is 0.404. The summed E-state index contributed by atoms with van der Waals surface area (Å²) in [6, 6.07) is 1.77. The van der Waals surface area contributed by atoms with Gasteiger partial charge < -0.3 is 5.32 Å². The highest BCUT2D eigenvalue weighted by atomic mass is 32.2. The fourth-order valence-corrected chi connectivity index (χ4v) is 4.85. The average molecular weight is 317 g/mol. The van der Waals surface area contributed by atoms with Crippen LogP contribution in [0.1, 0.15) is 31.4 Å². The van der Waals surface area contributed by atoms with Gasteiger partial charge in [-0.15, -0.1) is 0 Å². The molecule has 0 saturated carbocycles. The highest BCUT2D eigenvalue weighted by Crippen LogP contribution is 2.21. The van der Waals surface area contributed by atoms with E-state index in [0.29, 0.717) is 19.0 Å². The molecule has 1 aliphatic heterocycles. The zero-order valence-corrected chi connectivity index (χ0v) is 13.6. The van der Waals surface area contributed by atoms with Gasteiger partial charge in [-0.2, -0.15) is 28.8 Å². The Kier molecular flexibility index (Phi) is 5.57. The van der Waals surface area contributed by atoms with Gasteiger partial charge in [-0.3, -0.25) is 0 Å². The van der Waals surface area contributed by atoms with Gasteiger partial charge in [-0.05, 0) is 61.7 Å². The Morgan fingerprint density at radius 2 is 2.35 bits per heavy atom. The molecule has 2 heterocycles. The summed E-state index contributed by atoms with van der Waals surface area (Å²) in [5, 5.41) is 7.07. The molecule has 0 amide bonds. The van der Waals surface area contributed by atoms with Gasteiger partial charge in [0.15, 0.2) is 0 Å². The van der Waals surface area contributed by atoms with E-state index in [2.05, 4.69) is 10.0 Å². The number of hydrogen-bond donors (Lipinski definition) is 2. The molecule has 1 fully saturated rings. The Labute approximate surface area is 125 Å². The van der Waals surface area contributed by atoms with E-state index in [1.165, 1.54) is 0 Å². The van der Waals surface area contributed by atoms with Gasteiger partial charge in [0.05, 0.1) is 0 Å². The van der Waals surface area contributed by atoms with Crippen LogP contribution in [-0.2, 0) is 10.2 Å². The predicted octanol–water partition coefficient (Wildman–Crippen LogP) is 1.57. The van der Waals surface area contributed by atoms with Crippen molar-refractivity contribution in [1.82, 2.24) is 14.3 Å². The molecule has 1 aromatic rings. The lowest BCUT2D eigenvalue weighted by molar-refractivity contribution is 0.260. The fourth-order valence-electron chi connectivity index (χ4n) is 2.59. The smallest absolute Gasteiger partial charge is 0.280 e. The predicted molar refractivity (Wildman–Crippen MR) is 83.0 cm³/mol. The number of nitrogens with one attached hydrogen (secondary N) is 2. The third kappa shape index (κ3) is 4.02. The van der Waals surface area contributed by atoms with Gasteiger partial charge in [0.25, 0.3) is 10.2 Å². The molecule has 0 bridgehead atoms. The molecule has 1 saturated heterocycles. The first-order chi connectivity index (χ1) is 9.53. The Morgan fingerprint density at radius 1 is 1.55 bits per heavy atom. The second-order valence-electron chi connectivity index (χ2n) is 5.33. The van der Waals surface area contributed by atoms with Gasteiger partial charge in [0.2, 0.25) is 0 Å². The molecular formula is C13H23N3O2S2. The summed E-state index contributed by atoms with van der Waals surface area (Å²) in [7, 11) is -1.49. The first-order valence-electron chi connectivity index (χ1n) is 6.97. The standard InChI is InChI=1S/C13H23N3O2S2/c1-11(13-5-7-19-10-13)15-20(17,18)16-6-3-4-12(9-16)8-14-2/h5,7,10-12,14-15H,3-4,6,8-9H2,1-2H3. The lowest BCUT2D eigenvalue weighted by atomic mass is 10.00. The van der Waals surface area contributed by atoms with E-state index < -0.39 is 10.2 Å². The van der Waals surface area contributed by atoms with Crippen molar-refractivity contribution in [2.45, 2.75) is 25.8 Å². The van der Waals surface area contributed by atoms with E-state index in [0.717, 1.165) is 24.9 Å². The first kappa shape index (κ1) is 15.9. The lowest BCUT2D eigenvalue weighted by Crippen LogP contribution is -2.47. The summed E-state index contributed by atoms with van der Waals surface area (Å²) >= 11 is 1.58. The van der Waals surface area contributed by atoms with E-state index >= 15 is 0 Å². The van der Waals surface area contributed by atoms with Crippen LogP contribution in [0.2, 0.25) is 0 Å². The Bertz CT molecular complexity index is 500. The van der Waals surface area contributed by atoms with Crippen molar-refractivity contribution in [3.8, 4) is 0 Å². The second kappa shape index (κ2) is 7.00. The molecule has 0 aromatic carbocycles. The van der Waals surface area contributed by atoms with Gasteiger partial charge in [0.1, 0.15) is 0 Å². The van der Waals surface area contributed by atoms with Crippen molar-refractivity contribution in [2.24, 2.45) is 5.92 Å². The molecule has 2 unspecified atom stereocenters. The minimum atomic E-state index is -3.40. The molecule has 2 N–H and O–H groups in total. The van der Waals surface area contributed by atoms with Crippen molar-refractivity contribution in [1.29, 1.82) is 0 Å². The van der Waals surface area contributed by atoms with Gasteiger partial charge in [0, 0.05) is 19.1 Å². The largest absolute Gasteiger partial charge is 0.319 e. The Balaban J connectivity index is 1.99. The summed E-state index contributed by atoms with van der Waals surface area (Å²) in [6.45, 7) is 3.97. The van der Waals surface area contributed by atoms with E-state index in [1.807, 2.05) is 30.8 Å². The molecule has 0 spiro atoms. The van der Waals surface area contributed by atoms with E-state index in [4.69, 9.17) is 0 Å². The normalized spacial score (nSPS) is 22.8. The number of rotatable bonds is 6. The summed E-state index contributed by atoms with van der Waals surface area (Å²) < 4.78 is 29.2. The number of piperidine rings is 1. The molecule has 1 aromatic heterocycles. The molecule has 1 aliphatic rings. The van der Waals surface area contributed by atoms with Gasteiger partial charge >= 0.3 is 0 Å². The zero-order valence-electron chi connectivity index (χ0n) is 12.0. The quantitative estimate of drug-likeness (QED) is 0.837. The van der Waals surface area contributed by atoms with Crippen molar-refractivity contribution in [3.63, 3.8) is 0 Å². The summed E-state index contributed by atoms with van der Waals surface area (Å²) in [5.41, 5.74) is 1.02. The molecule has 2 rings (SSSR count). The molecule has 0 aliphatic carbocycles. The van der Waals surface area contributed by atoms with Crippen LogP contribution in [0.3, 0.4) is 0 Å². The third-order valence-electron chi connectivity index (χ3n) is 3.68. The van der Waals surface area contributed by atoms with Crippen LogP contribution < -0.4 is 10.0 Å². The molecule has 0 radical (unpaired) electrons. The second-order valence-corrected chi connectivity index (χ2v) is 7.81. The SMILES string of the molecule is CNCC1CCCN(S(=O)(=O)NC(C)c2ccsc2)C1. The number of thiophene rings is 1. The fraction of sp³-hybridized carbons (Fsp3) is 0.692. The zero-order chi connectivity index (χ0) is 14.6. The minimum absolute atomic E-state index is 0.184. The Hall–Kier alpha value is -0.470. The van der Waals surface area contributed by atoms with Crippen molar-refractivity contribution in [3.05, 3.63) is 22.4 Å². The number of hydrogen-bond acceptors (Lipinski definition) is 4. The van der Waals surface area contributed by atoms with E-state index in [9.17, 15) is 8.42 Å². The molecule has 2 atom stereocenters. The van der Waals surface area contributed by atoms with Gasteiger partial charge in [-0.1, -0.05) is 0 Å². The molecule has 7 heteroatoms. The topological polar surface area (TPSA) is 61.4 Å². The van der Waals surface area contributed by atoms with Crippen LogP contribution in [0.4, 0.5) is 0 Å². The summed E-state index contributed by atoms with van der Waals surface area (Å²) in [4.78, 5) is 0. The highest BCUT2D eigenvalue weighted by Gasteiger charge is 2.29. The van der Waals surface area contributed by atoms with Crippen LogP contribution in [0.5, 0.6) is 0 Å². The number of nitrogens with zero attached hydrogens (tertiary/aromatic N) is 1. The van der Waals surface area contributed by atoms with Crippen LogP contribution >= 0.6 is 11.3 Å².